The molecule has 0 aliphatic heterocycles. The van der Waals surface area contributed by atoms with Gasteiger partial charge in [-0.25, -0.2) is 0 Å². The van der Waals surface area contributed by atoms with Gasteiger partial charge in [-0.3, -0.25) is 9.59 Å². The van der Waals surface area contributed by atoms with E-state index in [-0.39, 0.29) is 17.2 Å². The maximum Gasteiger partial charge on any atom is 0.255 e. The van der Waals surface area contributed by atoms with Gasteiger partial charge in [-0.2, -0.15) is 0 Å². The summed E-state index contributed by atoms with van der Waals surface area (Å²) in [4.78, 5) is 25.0. The van der Waals surface area contributed by atoms with Gasteiger partial charge < -0.3 is 10.6 Å². The summed E-state index contributed by atoms with van der Waals surface area (Å²) in [6.07, 6.45) is 0. The Bertz CT molecular complexity index is 1060. The molecule has 31 heavy (non-hydrogen) atoms. The molecule has 4 heteroatoms. The molecule has 0 heterocycles. The zero-order valence-electron chi connectivity index (χ0n) is 18.9. The Morgan fingerprint density at radius 1 is 0.742 bits per heavy atom. The van der Waals surface area contributed by atoms with E-state index in [2.05, 4.69) is 37.5 Å². The molecule has 0 atom stereocenters. The second-order valence-electron chi connectivity index (χ2n) is 9.04. The summed E-state index contributed by atoms with van der Waals surface area (Å²) in [5.74, 6) is -0.267. The van der Waals surface area contributed by atoms with Crippen molar-refractivity contribution in [2.75, 3.05) is 5.32 Å². The quantitative estimate of drug-likeness (QED) is 0.556. The van der Waals surface area contributed by atoms with Gasteiger partial charge in [-0.15, -0.1) is 0 Å². The minimum Gasteiger partial charge on any atom is -0.348 e. The second-order valence-corrected chi connectivity index (χ2v) is 9.04. The number of benzene rings is 3. The highest BCUT2D eigenvalue weighted by Gasteiger charge is 2.14. The number of hydrogen-bond donors (Lipinski definition) is 2. The van der Waals surface area contributed by atoms with E-state index in [4.69, 9.17) is 0 Å². The van der Waals surface area contributed by atoms with Crippen molar-refractivity contribution in [1.82, 2.24) is 5.32 Å². The van der Waals surface area contributed by atoms with E-state index in [1.165, 1.54) is 5.56 Å². The van der Waals surface area contributed by atoms with Crippen LogP contribution in [0.5, 0.6) is 0 Å². The first kappa shape index (κ1) is 22.3. The van der Waals surface area contributed by atoms with Gasteiger partial charge >= 0.3 is 0 Å². The average molecular weight is 415 g/mol. The molecule has 2 N–H and O–H groups in total. The van der Waals surface area contributed by atoms with Crippen LogP contribution in [0.3, 0.4) is 0 Å². The lowest BCUT2D eigenvalue weighted by molar-refractivity contribution is 0.0949. The molecule has 2 amide bonds. The zero-order chi connectivity index (χ0) is 22.6. The number of aryl methyl sites for hydroxylation is 2. The molecule has 0 radical (unpaired) electrons. The summed E-state index contributed by atoms with van der Waals surface area (Å²) in [6, 6.07) is 20.9. The van der Waals surface area contributed by atoms with Crippen LogP contribution in [0.2, 0.25) is 0 Å². The first-order valence-corrected chi connectivity index (χ1v) is 10.5. The Labute approximate surface area is 184 Å². The first-order chi connectivity index (χ1) is 14.6. The number of anilines is 1. The SMILES string of the molecule is Cc1cc(C)cc(NC(=O)c2ccc(CNC(=O)c3ccc(C(C)(C)C)cc3)cc2)c1. The van der Waals surface area contributed by atoms with Gasteiger partial charge in [0.25, 0.3) is 11.8 Å². The number of amides is 2. The van der Waals surface area contributed by atoms with Gasteiger partial charge in [0.05, 0.1) is 0 Å². The molecular weight excluding hydrogens is 384 g/mol. The minimum atomic E-state index is -0.153. The molecule has 4 nitrogen and oxygen atoms in total. The monoisotopic (exact) mass is 414 g/mol. The van der Waals surface area contributed by atoms with E-state index in [1.807, 2.05) is 62.4 Å². The topological polar surface area (TPSA) is 58.2 Å². The number of carbonyl (C=O) groups is 2. The van der Waals surface area contributed by atoms with Crippen molar-refractivity contribution < 1.29 is 9.59 Å². The third kappa shape index (κ3) is 6.05. The summed E-state index contributed by atoms with van der Waals surface area (Å²) in [5, 5.41) is 5.87. The Morgan fingerprint density at radius 3 is 1.81 bits per heavy atom. The number of nitrogens with one attached hydrogen (secondary N) is 2. The van der Waals surface area contributed by atoms with Gasteiger partial charge in [-0.05, 0) is 77.9 Å². The lowest BCUT2D eigenvalue weighted by Gasteiger charge is -2.19. The highest BCUT2D eigenvalue weighted by atomic mass is 16.2. The molecule has 0 aliphatic carbocycles. The Kier molecular flexibility index (Phi) is 6.59. The maximum atomic E-state index is 12.5. The van der Waals surface area contributed by atoms with Crippen molar-refractivity contribution in [2.45, 2.75) is 46.6 Å². The van der Waals surface area contributed by atoms with Crippen LogP contribution in [0.25, 0.3) is 0 Å². The fourth-order valence-electron chi connectivity index (χ4n) is 3.43. The van der Waals surface area contributed by atoms with Gasteiger partial charge in [0.2, 0.25) is 0 Å². The summed E-state index contributed by atoms with van der Waals surface area (Å²) < 4.78 is 0. The molecule has 0 saturated carbocycles. The van der Waals surface area contributed by atoms with Crippen LogP contribution >= 0.6 is 0 Å². The Hall–Kier alpha value is -3.40. The van der Waals surface area contributed by atoms with Crippen LogP contribution in [0.1, 0.15) is 63.7 Å². The molecule has 3 aromatic rings. The summed E-state index contributed by atoms with van der Waals surface area (Å²) in [6.45, 7) is 10.9. The van der Waals surface area contributed by atoms with E-state index in [0.29, 0.717) is 17.7 Å². The maximum absolute atomic E-state index is 12.5. The fraction of sp³-hybridized carbons (Fsp3) is 0.259. The average Bonchev–Trinajstić information content (AvgIpc) is 2.71. The lowest BCUT2D eigenvalue weighted by Crippen LogP contribution is -2.23. The third-order valence-corrected chi connectivity index (χ3v) is 5.16. The largest absolute Gasteiger partial charge is 0.348 e. The van der Waals surface area contributed by atoms with Crippen LogP contribution in [-0.4, -0.2) is 11.8 Å². The fourth-order valence-corrected chi connectivity index (χ4v) is 3.43. The lowest BCUT2D eigenvalue weighted by atomic mass is 9.87. The van der Waals surface area contributed by atoms with Crippen molar-refractivity contribution in [3.8, 4) is 0 Å². The molecule has 0 saturated heterocycles. The molecule has 160 valence electrons. The molecule has 0 unspecified atom stereocenters. The standard InChI is InChI=1S/C27H30N2O2/c1-18-14-19(2)16-24(15-18)29-26(31)22-8-6-20(7-9-22)17-28-25(30)21-10-12-23(13-11-21)27(3,4)5/h6-16H,17H2,1-5H3,(H,28,30)(H,29,31). The Morgan fingerprint density at radius 2 is 1.26 bits per heavy atom. The van der Waals surface area contributed by atoms with E-state index < -0.39 is 0 Å². The molecule has 0 spiro atoms. The predicted octanol–water partition coefficient (Wildman–Crippen LogP) is 5.78. The molecule has 3 aromatic carbocycles. The highest BCUT2D eigenvalue weighted by Crippen LogP contribution is 2.22. The van der Waals surface area contributed by atoms with E-state index in [0.717, 1.165) is 22.4 Å². The van der Waals surface area contributed by atoms with Crippen molar-refractivity contribution in [2.24, 2.45) is 0 Å². The highest BCUT2D eigenvalue weighted by molar-refractivity contribution is 6.04. The Balaban J connectivity index is 1.57. The molecular formula is C27H30N2O2. The molecule has 0 fully saturated rings. The minimum absolute atomic E-state index is 0.0568. The first-order valence-electron chi connectivity index (χ1n) is 10.5. The molecule has 0 aliphatic rings. The van der Waals surface area contributed by atoms with Crippen molar-refractivity contribution in [3.05, 3.63) is 100 Å². The van der Waals surface area contributed by atoms with Crippen molar-refractivity contribution in [1.29, 1.82) is 0 Å². The van der Waals surface area contributed by atoms with E-state index >= 15 is 0 Å². The van der Waals surface area contributed by atoms with Crippen molar-refractivity contribution in [3.63, 3.8) is 0 Å². The van der Waals surface area contributed by atoms with E-state index in [9.17, 15) is 9.59 Å². The van der Waals surface area contributed by atoms with Crippen molar-refractivity contribution >= 4 is 17.5 Å². The number of hydrogen-bond acceptors (Lipinski definition) is 2. The smallest absolute Gasteiger partial charge is 0.255 e. The summed E-state index contributed by atoms with van der Waals surface area (Å²) in [7, 11) is 0. The van der Waals surface area contributed by atoms with Crippen LogP contribution < -0.4 is 10.6 Å². The molecule has 3 rings (SSSR count). The molecule has 0 aromatic heterocycles. The zero-order valence-corrected chi connectivity index (χ0v) is 18.9. The van der Waals surface area contributed by atoms with Crippen LogP contribution in [0.15, 0.2) is 66.7 Å². The van der Waals surface area contributed by atoms with Gasteiger partial charge in [0.15, 0.2) is 0 Å². The second kappa shape index (κ2) is 9.17. The van der Waals surface area contributed by atoms with Crippen LogP contribution in [0, 0.1) is 13.8 Å². The van der Waals surface area contributed by atoms with Crippen LogP contribution in [-0.2, 0) is 12.0 Å². The van der Waals surface area contributed by atoms with Gasteiger partial charge in [0, 0.05) is 23.4 Å². The normalized spacial score (nSPS) is 11.1. The predicted molar refractivity (Wildman–Crippen MR) is 127 cm³/mol. The molecule has 0 bridgehead atoms. The van der Waals surface area contributed by atoms with E-state index in [1.54, 1.807) is 12.1 Å². The number of rotatable bonds is 5. The summed E-state index contributed by atoms with van der Waals surface area (Å²) >= 11 is 0. The van der Waals surface area contributed by atoms with Gasteiger partial charge in [-0.1, -0.05) is 51.1 Å². The third-order valence-electron chi connectivity index (χ3n) is 5.16. The number of carbonyl (C=O) groups excluding carboxylic acids is 2. The summed E-state index contributed by atoms with van der Waals surface area (Å²) in [5.41, 5.74) is 6.40. The van der Waals surface area contributed by atoms with Gasteiger partial charge in [0.1, 0.15) is 0 Å². The van der Waals surface area contributed by atoms with Crippen LogP contribution in [0.4, 0.5) is 5.69 Å².